The molecule has 1 heterocycles. The zero-order valence-electron chi connectivity index (χ0n) is 17.2. The molecule has 1 saturated heterocycles. The lowest BCUT2D eigenvalue weighted by atomic mass is 9.67. The van der Waals surface area contributed by atoms with Gasteiger partial charge < -0.3 is 0 Å². The quantitative estimate of drug-likeness (QED) is 0.604. The minimum Gasteiger partial charge on any atom is -0.273 e. The molecule has 0 radical (unpaired) electrons. The van der Waals surface area contributed by atoms with Crippen molar-refractivity contribution >= 4 is 15.9 Å². The largest absolute Gasteiger partial charge is 0.273 e. The Morgan fingerprint density at radius 1 is 0.900 bits per heavy atom. The first-order valence-corrected chi connectivity index (χ1v) is 11.6. The normalized spacial score (nSPS) is 21.7. The third-order valence-corrected chi connectivity index (χ3v) is 7.97. The average molecular weight is 420 g/mol. The molecule has 0 unspecified atom stereocenters. The van der Waals surface area contributed by atoms with Gasteiger partial charge in [0.2, 0.25) is 5.91 Å². The Morgan fingerprint density at radius 3 is 2.03 bits per heavy atom. The number of carbonyl (C=O) groups is 1. The number of hydrogen-bond donors (Lipinski definition) is 0. The first-order chi connectivity index (χ1) is 14.4. The van der Waals surface area contributed by atoms with Gasteiger partial charge in [-0.1, -0.05) is 85.3 Å². The molecule has 0 bridgehead atoms. The van der Waals surface area contributed by atoms with Crippen LogP contribution in [-0.2, 0) is 20.2 Å². The second kappa shape index (κ2) is 7.73. The third-order valence-electron chi connectivity index (χ3n) is 6.21. The molecule has 0 N–H and O–H groups in total. The lowest BCUT2D eigenvalue weighted by molar-refractivity contribution is -0.128. The summed E-state index contributed by atoms with van der Waals surface area (Å²) >= 11 is 0. The van der Waals surface area contributed by atoms with E-state index in [9.17, 15) is 13.2 Å². The monoisotopic (exact) mass is 419 g/mol. The molecule has 4 rings (SSSR count). The molecule has 3 aromatic carbocycles. The van der Waals surface area contributed by atoms with Crippen LogP contribution in [0.4, 0.5) is 0 Å². The van der Waals surface area contributed by atoms with E-state index in [1.165, 1.54) is 0 Å². The van der Waals surface area contributed by atoms with Gasteiger partial charge in [0, 0.05) is 12.5 Å². The van der Waals surface area contributed by atoms with Gasteiger partial charge in [0.05, 0.1) is 10.3 Å². The third kappa shape index (κ3) is 3.14. The molecule has 1 fully saturated rings. The maximum absolute atomic E-state index is 13.9. The van der Waals surface area contributed by atoms with Gasteiger partial charge in [0.1, 0.15) is 0 Å². The van der Waals surface area contributed by atoms with Crippen LogP contribution in [0.25, 0.3) is 0 Å². The Labute approximate surface area is 178 Å². The first-order valence-electron chi connectivity index (χ1n) is 10.2. The highest BCUT2D eigenvalue weighted by molar-refractivity contribution is 7.89. The number of nitrogens with zero attached hydrogens (tertiary/aromatic N) is 1. The number of benzene rings is 3. The number of amides is 1. The smallest absolute Gasteiger partial charge is 0.266 e. The van der Waals surface area contributed by atoms with Crippen molar-refractivity contribution in [2.45, 2.75) is 36.5 Å². The lowest BCUT2D eigenvalue weighted by Crippen LogP contribution is -2.41. The molecule has 4 nitrogen and oxygen atoms in total. The summed E-state index contributed by atoms with van der Waals surface area (Å²) in [6, 6.07) is 26.0. The zero-order valence-corrected chi connectivity index (χ0v) is 18.0. The van der Waals surface area contributed by atoms with Gasteiger partial charge in [-0.2, -0.15) is 0 Å². The van der Waals surface area contributed by atoms with Crippen molar-refractivity contribution in [1.29, 1.82) is 0 Å². The van der Waals surface area contributed by atoms with E-state index in [0.717, 1.165) is 21.0 Å². The molecule has 2 atom stereocenters. The van der Waals surface area contributed by atoms with Crippen LogP contribution in [0.3, 0.4) is 0 Å². The number of hydrogen-bond acceptors (Lipinski definition) is 3. The molecule has 0 aliphatic carbocycles. The van der Waals surface area contributed by atoms with Crippen molar-refractivity contribution in [3.63, 3.8) is 0 Å². The molecule has 1 aliphatic heterocycles. The molecular formula is C25H25NO3S. The van der Waals surface area contributed by atoms with Gasteiger partial charge in [-0.05, 0) is 36.6 Å². The van der Waals surface area contributed by atoms with Crippen LogP contribution < -0.4 is 0 Å². The molecule has 0 aromatic heterocycles. The standard InChI is InChI=1S/C25H25NO3S/c1-3-25(21-12-8-5-9-13-21)23(20-10-6-4-7-11-20)18-26(24(25)27)30(28,29)22-16-14-19(2)15-17-22/h4-17,23H,3,18H2,1-2H3/t23-,25+/m0/s1. The van der Waals surface area contributed by atoms with E-state index in [1.54, 1.807) is 24.3 Å². The molecule has 1 aliphatic rings. The van der Waals surface area contributed by atoms with Gasteiger partial charge in [-0.15, -0.1) is 0 Å². The maximum atomic E-state index is 13.9. The van der Waals surface area contributed by atoms with E-state index in [-0.39, 0.29) is 23.3 Å². The van der Waals surface area contributed by atoms with Gasteiger partial charge in [-0.25, -0.2) is 12.7 Å². The summed E-state index contributed by atoms with van der Waals surface area (Å²) in [5.74, 6) is -0.621. The molecule has 5 heteroatoms. The van der Waals surface area contributed by atoms with E-state index < -0.39 is 15.4 Å². The second-order valence-electron chi connectivity index (χ2n) is 7.81. The fraction of sp³-hybridized carbons (Fsp3) is 0.240. The van der Waals surface area contributed by atoms with Gasteiger partial charge in [-0.3, -0.25) is 4.79 Å². The van der Waals surface area contributed by atoms with Gasteiger partial charge in [0.15, 0.2) is 0 Å². The number of sulfonamides is 1. The molecule has 0 spiro atoms. The van der Waals surface area contributed by atoms with Crippen molar-refractivity contribution in [2.24, 2.45) is 0 Å². The minimum atomic E-state index is -3.95. The summed E-state index contributed by atoms with van der Waals surface area (Å²) in [4.78, 5) is 14.0. The Hall–Kier alpha value is -2.92. The molecule has 30 heavy (non-hydrogen) atoms. The molecule has 3 aromatic rings. The highest BCUT2D eigenvalue weighted by Gasteiger charge is 2.57. The predicted octanol–water partition coefficient (Wildman–Crippen LogP) is 4.66. The van der Waals surface area contributed by atoms with Crippen LogP contribution in [0.5, 0.6) is 0 Å². The number of rotatable bonds is 5. The zero-order chi connectivity index (χ0) is 21.4. The predicted molar refractivity (Wildman–Crippen MR) is 118 cm³/mol. The van der Waals surface area contributed by atoms with Crippen LogP contribution in [0.1, 0.15) is 36.0 Å². The van der Waals surface area contributed by atoms with E-state index in [1.807, 2.05) is 74.5 Å². The number of aryl methyl sites for hydroxylation is 1. The van der Waals surface area contributed by atoms with Crippen LogP contribution >= 0.6 is 0 Å². The highest BCUT2D eigenvalue weighted by atomic mass is 32.2. The Kier molecular flexibility index (Phi) is 5.24. The summed E-state index contributed by atoms with van der Waals surface area (Å²) in [7, 11) is -3.95. The van der Waals surface area contributed by atoms with E-state index in [0.29, 0.717) is 6.42 Å². The maximum Gasteiger partial charge on any atom is 0.266 e. The van der Waals surface area contributed by atoms with Crippen LogP contribution in [0.2, 0.25) is 0 Å². The van der Waals surface area contributed by atoms with Crippen molar-refractivity contribution in [1.82, 2.24) is 4.31 Å². The molecule has 1 amide bonds. The SMILES string of the molecule is CC[C@]1(c2ccccc2)C(=O)N(S(=O)(=O)c2ccc(C)cc2)C[C@H]1c1ccccc1. The van der Waals surface area contributed by atoms with Crippen LogP contribution in [-0.4, -0.2) is 25.2 Å². The summed E-state index contributed by atoms with van der Waals surface area (Å²) in [5, 5.41) is 0. The summed E-state index contributed by atoms with van der Waals surface area (Å²) in [5.41, 5.74) is 1.86. The van der Waals surface area contributed by atoms with Crippen molar-refractivity contribution < 1.29 is 13.2 Å². The van der Waals surface area contributed by atoms with Crippen LogP contribution in [0.15, 0.2) is 89.8 Å². The van der Waals surface area contributed by atoms with Crippen molar-refractivity contribution in [2.75, 3.05) is 6.54 Å². The minimum absolute atomic E-state index is 0.127. The highest BCUT2D eigenvalue weighted by Crippen LogP contribution is 2.49. The fourth-order valence-electron chi connectivity index (χ4n) is 4.56. The van der Waals surface area contributed by atoms with E-state index in [2.05, 4.69) is 0 Å². The average Bonchev–Trinajstić information content (AvgIpc) is 3.09. The summed E-state index contributed by atoms with van der Waals surface area (Å²) < 4.78 is 28.0. The molecule has 0 saturated carbocycles. The molecular weight excluding hydrogens is 394 g/mol. The van der Waals surface area contributed by atoms with E-state index in [4.69, 9.17) is 0 Å². The van der Waals surface area contributed by atoms with E-state index >= 15 is 0 Å². The fourth-order valence-corrected chi connectivity index (χ4v) is 6.02. The summed E-state index contributed by atoms with van der Waals surface area (Å²) in [6.45, 7) is 3.99. The number of carbonyl (C=O) groups excluding carboxylic acids is 1. The van der Waals surface area contributed by atoms with Crippen molar-refractivity contribution in [3.05, 3.63) is 102 Å². The Balaban J connectivity index is 1.88. The first kappa shape index (κ1) is 20.4. The lowest BCUT2D eigenvalue weighted by Gasteiger charge is -2.32. The Bertz CT molecular complexity index is 1140. The Morgan fingerprint density at radius 2 is 1.47 bits per heavy atom. The summed E-state index contributed by atoms with van der Waals surface area (Å²) in [6.07, 6.45) is 0.509. The van der Waals surface area contributed by atoms with Crippen molar-refractivity contribution in [3.8, 4) is 0 Å². The van der Waals surface area contributed by atoms with Gasteiger partial charge in [0.25, 0.3) is 10.0 Å². The molecule has 154 valence electrons. The second-order valence-corrected chi connectivity index (χ2v) is 9.67. The van der Waals surface area contributed by atoms with Crippen LogP contribution in [0, 0.1) is 6.92 Å². The topological polar surface area (TPSA) is 54.5 Å². The van der Waals surface area contributed by atoms with Gasteiger partial charge >= 0.3 is 0 Å².